The molecule has 2 N–H and O–H groups in total. The number of aryl methyl sites for hydroxylation is 1. The van der Waals surface area contributed by atoms with Crippen molar-refractivity contribution in [1.29, 1.82) is 0 Å². The molecule has 0 bridgehead atoms. The topological polar surface area (TPSA) is 96.4 Å². The monoisotopic (exact) mass is 334 g/mol. The third-order valence-electron chi connectivity index (χ3n) is 3.44. The van der Waals surface area contributed by atoms with E-state index in [0.717, 1.165) is 11.1 Å². The number of hydrogen-bond donors (Lipinski definition) is 2. The van der Waals surface area contributed by atoms with Gasteiger partial charge in [-0.05, 0) is 48.7 Å². The molecular weight excluding hydrogens is 316 g/mol. The average Bonchev–Trinajstić information content (AvgIpc) is 2.46. The van der Waals surface area contributed by atoms with Crippen LogP contribution >= 0.6 is 0 Å². The van der Waals surface area contributed by atoms with Crippen LogP contribution < -0.4 is 4.72 Å². The Morgan fingerprint density at radius 1 is 1.35 bits per heavy atom. The molecule has 1 aromatic heterocycles. The van der Waals surface area contributed by atoms with E-state index in [9.17, 15) is 13.2 Å². The number of benzene rings is 1. The quantitative estimate of drug-likeness (QED) is 0.843. The first-order chi connectivity index (χ1) is 10.8. The number of carbonyl (C=O) groups is 1. The molecule has 1 unspecified atom stereocenters. The van der Waals surface area contributed by atoms with E-state index in [-0.39, 0.29) is 11.3 Å². The van der Waals surface area contributed by atoms with Crippen LogP contribution in [0, 0.1) is 6.92 Å². The van der Waals surface area contributed by atoms with Crippen LogP contribution in [-0.4, -0.2) is 24.5 Å². The molecule has 1 heterocycles. The van der Waals surface area contributed by atoms with Crippen molar-refractivity contribution in [3.05, 3.63) is 59.4 Å². The number of nitrogens with zero attached hydrogens (tertiary/aromatic N) is 1. The summed E-state index contributed by atoms with van der Waals surface area (Å²) in [6, 6.07) is 7.30. The van der Waals surface area contributed by atoms with E-state index in [1.165, 1.54) is 18.2 Å². The maximum atomic E-state index is 12.5. The highest BCUT2D eigenvalue weighted by molar-refractivity contribution is 7.89. The van der Waals surface area contributed by atoms with Crippen molar-refractivity contribution in [2.75, 3.05) is 0 Å². The van der Waals surface area contributed by atoms with E-state index in [1.807, 2.05) is 13.0 Å². The third kappa shape index (κ3) is 4.37. The summed E-state index contributed by atoms with van der Waals surface area (Å²) in [7, 11) is -3.75. The number of pyridine rings is 1. The van der Waals surface area contributed by atoms with Gasteiger partial charge in [0.05, 0.1) is 11.3 Å². The van der Waals surface area contributed by atoms with Gasteiger partial charge in [0.15, 0.2) is 0 Å². The molecule has 0 fully saturated rings. The van der Waals surface area contributed by atoms with E-state index < -0.39 is 22.0 Å². The summed E-state index contributed by atoms with van der Waals surface area (Å²) in [4.78, 5) is 14.8. The van der Waals surface area contributed by atoms with Gasteiger partial charge >= 0.3 is 5.97 Å². The number of carboxylic acid groups (broad SMARTS) is 1. The van der Waals surface area contributed by atoms with E-state index in [4.69, 9.17) is 5.11 Å². The number of carboxylic acids is 1. The molecule has 1 atom stereocenters. The zero-order valence-corrected chi connectivity index (χ0v) is 13.7. The van der Waals surface area contributed by atoms with Gasteiger partial charge in [0.1, 0.15) is 0 Å². The second-order valence-corrected chi connectivity index (χ2v) is 7.01. The molecule has 122 valence electrons. The lowest BCUT2D eigenvalue weighted by atomic mass is 10.1. The number of rotatable bonds is 6. The van der Waals surface area contributed by atoms with Crippen LogP contribution in [-0.2, 0) is 21.2 Å². The van der Waals surface area contributed by atoms with Crippen molar-refractivity contribution in [3.8, 4) is 0 Å². The highest BCUT2D eigenvalue weighted by Crippen LogP contribution is 2.19. The zero-order valence-electron chi connectivity index (χ0n) is 12.9. The molecule has 2 rings (SSSR count). The fourth-order valence-corrected chi connectivity index (χ4v) is 3.58. The van der Waals surface area contributed by atoms with E-state index >= 15 is 0 Å². The molecule has 0 saturated carbocycles. The van der Waals surface area contributed by atoms with Gasteiger partial charge in [-0.25, -0.2) is 13.1 Å². The molecule has 0 spiro atoms. The highest BCUT2D eigenvalue weighted by atomic mass is 32.2. The zero-order chi connectivity index (χ0) is 17.0. The van der Waals surface area contributed by atoms with Crippen molar-refractivity contribution >= 4 is 16.0 Å². The largest absolute Gasteiger partial charge is 0.481 e. The summed E-state index contributed by atoms with van der Waals surface area (Å²) in [5.41, 5.74) is 2.16. The Bertz CT molecular complexity index is 818. The minimum absolute atomic E-state index is 0.0460. The molecule has 0 aliphatic rings. The summed E-state index contributed by atoms with van der Waals surface area (Å²) in [6.45, 7) is 3.62. The molecule has 6 nitrogen and oxygen atoms in total. The first-order valence-electron chi connectivity index (χ1n) is 7.03. The predicted molar refractivity (Wildman–Crippen MR) is 85.5 cm³/mol. The van der Waals surface area contributed by atoms with Crippen LogP contribution in [0.5, 0.6) is 0 Å². The van der Waals surface area contributed by atoms with Crippen molar-refractivity contribution < 1.29 is 18.3 Å². The highest BCUT2D eigenvalue weighted by Gasteiger charge is 2.20. The van der Waals surface area contributed by atoms with Gasteiger partial charge in [-0.3, -0.25) is 9.78 Å². The second-order valence-electron chi connectivity index (χ2n) is 5.29. The van der Waals surface area contributed by atoms with Gasteiger partial charge in [0, 0.05) is 18.4 Å². The third-order valence-corrected chi connectivity index (χ3v) is 4.98. The molecule has 0 aliphatic heterocycles. The number of sulfonamides is 1. The van der Waals surface area contributed by atoms with E-state index in [2.05, 4.69) is 9.71 Å². The van der Waals surface area contributed by atoms with Gasteiger partial charge < -0.3 is 5.11 Å². The number of nitrogens with one attached hydrogen (secondary N) is 1. The predicted octanol–water partition coefficient (Wildman–Crippen LogP) is 2.06. The molecule has 0 saturated heterocycles. The summed E-state index contributed by atoms with van der Waals surface area (Å²) in [5, 5.41) is 8.81. The van der Waals surface area contributed by atoms with Crippen molar-refractivity contribution in [2.45, 2.75) is 31.2 Å². The van der Waals surface area contributed by atoms with Crippen LogP contribution in [0.15, 0.2) is 47.6 Å². The minimum Gasteiger partial charge on any atom is -0.481 e. The average molecular weight is 334 g/mol. The summed E-state index contributed by atoms with van der Waals surface area (Å²) in [6.07, 6.45) is 3.05. The Balaban J connectivity index is 2.25. The number of aromatic nitrogens is 1. The Morgan fingerprint density at radius 2 is 2.09 bits per heavy atom. The number of hydrogen-bond acceptors (Lipinski definition) is 4. The van der Waals surface area contributed by atoms with Gasteiger partial charge in [-0.15, -0.1) is 0 Å². The molecule has 1 aromatic carbocycles. The van der Waals surface area contributed by atoms with Crippen molar-refractivity contribution in [1.82, 2.24) is 9.71 Å². The van der Waals surface area contributed by atoms with Crippen LogP contribution in [0.2, 0.25) is 0 Å². The van der Waals surface area contributed by atoms with Crippen LogP contribution in [0.4, 0.5) is 0 Å². The fraction of sp³-hybridized carbons (Fsp3) is 0.250. The van der Waals surface area contributed by atoms with E-state index in [1.54, 1.807) is 25.4 Å². The van der Waals surface area contributed by atoms with Gasteiger partial charge in [-0.1, -0.05) is 12.1 Å². The van der Waals surface area contributed by atoms with Crippen molar-refractivity contribution in [3.63, 3.8) is 0 Å². The Morgan fingerprint density at radius 3 is 2.74 bits per heavy atom. The maximum Gasteiger partial charge on any atom is 0.307 e. The van der Waals surface area contributed by atoms with Gasteiger partial charge in [0.2, 0.25) is 10.0 Å². The van der Waals surface area contributed by atoms with E-state index in [0.29, 0.717) is 5.56 Å². The molecule has 23 heavy (non-hydrogen) atoms. The second kappa shape index (κ2) is 6.89. The Labute approximate surface area is 135 Å². The first kappa shape index (κ1) is 17.1. The van der Waals surface area contributed by atoms with Crippen LogP contribution in [0.25, 0.3) is 0 Å². The number of aliphatic carboxylic acids is 1. The summed E-state index contributed by atoms with van der Waals surface area (Å²) in [5.74, 6) is -1.01. The Hall–Kier alpha value is -2.25. The molecule has 2 aromatic rings. The van der Waals surface area contributed by atoms with Crippen molar-refractivity contribution in [2.24, 2.45) is 0 Å². The Kier molecular flexibility index (Phi) is 5.12. The molecular formula is C16H18N2O4S. The van der Waals surface area contributed by atoms with Gasteiger partial charge in [0.25, 0.3) is 0 Å². The molecule has 0 radical (unpaired) electrons. The SMILES string of the molecule is Cc1ccncc1C(C)NS(=O)(=O)c1cccc(CC(=O)O)c1. The first-order valence-corrected chi connectivity index (χ1v) is 8.51. The lowest BCUT2D eigenvalue weighted by Gasteiger charge is -2.16. The smallest absolute Gasteiger partial charge is 0.307 e. The maximum absolute atomic E-state index is 12.5. The summed E-state index contributed by atoms with van der Waals surface area (Å²) < 4.78 is 27.6. The van der Waals surface area contributed by atoms with Gasteiger partial charge in [-0.2, -0.15) is 0 Å². The lowest BCUT2D eigenvalue weighted by Crippen LogP contribution is -2.27. The summed E-state index contributed by atoms with van der Waals surface area (Å²) >= 11 is 0. The molecule has 0 amide bonds. The molecule has 7 heteroatoms. The lowest BCUT2D eigenvalue weighted by molar-refractivity contribution is -0.136. The van der Waals surface area contributed by atoms with Crippen LogP contribution in [0.1, 0.15) is 29.7 Å². The molecule has 0 aliphatic carbocycles. The normalized spacial score (nSPS) is 12.8. The minimum atomic E-state index is -3.75. The van der Waals surface area contributed by atoms with Crippen LogP contribution in [0.3, 0.4) is 0 Å². The fourth-order valence-electron chi connectivity index (χ4n) is 2.29. The standard InChI is InChI=1S/C16H18N2O4S/c1-11-6-7-17-10-15(11)12(2)18-23(21,22)14-5-3-4-13(8-14)9-16(19)20/h3-8,10,12,18H,9H2,1-2H3,(H,19,20).